The number of aromatic nitrogens is 1. The van der Waals surface area contributed by atoms with Gasteiger partial charge in [-0.05, 0) is 43.7 Å². The highest BCUT2D eigenvalue weighted by Gasteiger charge is 2.09. The monoisotopic (exact) mass is 335 g/mol. The van der Waals surface area contributed by atoms with Crippen molar-refractivity contribution in [3.8, 4) is 5.75 Å². The molecule has 1 heterocycles. The molecule has 0 bridgehead atoms. The van der Waals surface area contributed by atoms with Crippen LogP contribution in [0.3, 0.4) is 0 Å². The molecule has 20 heavy (non-hydrogen) atoms. The predicted octanol–water partition coefficient (Wildman–Crippen LogP) is 4.44. The van der Waals surface area contributed by atoms with Crippen LogP contribution in [-0.4, -0.2) is 12.1 Å². The SMILES string of the molecule is COc1ccc(COC(C)c2cc(Br)cc(C)n2)cc1. The molecular formula is C16H18BrNO2. The maximum Gasteiger partial charge on any atom is 0.118 e. The molecule has 1 unspecified atom stereocenters. The lowest BCUT2D eigenvalue weighted by atomic mass is 10.2. The zero-order valence-corrected chi connectivity index (χ0v) is 13.5. The van der Waals surface area contributed by atoms with Crippen LogP contribution in [-0.2, 0) is 11.3 Å². The van der Waals surface area contributed by atoms with Gasteiger partial charge in [-0.3, -0.25) is 4.98 Å². The molecular weight excluding hydrogens is 318 g/mol. The van der Waals surface area contributed by atoms with Gasteiger partial charge in [0, 0.05) is 10.2 Å². The van der Waals surface area contributed by atoms with E-state index in [1.54, 1.807) is 7.11 Å². The smallest absolute Gasteiger partial charge is 0.118 e. The highest BCUT2D eigenvalue weighted by Crippen LogP contribution is 2.21. The van der Waals surface area contributed by atoms with Crippen LogP contribution in [0.4, 0.5) is 0 Å². The molecule has 0 N–H and O–H groups in total. The molecule has 106 valence electrons. The molecule has 0 aliphatic heterocycles. The summed E-state index contributed by atoms with van der Waals surface area (Å²) in [5.41, 5.74) is 3.03. The standard InChI is InChI=1S/C16H18BrNO2/c1-11-8-14(17)9-16(18-11)12(2)20-10-13-4-6-15(19-3)7-5-13/h4-9,12H,10H2,1-3H3. The van der Waals surface area contributed by atoms with Crippen molar-refractivity contribution >= 4 is 15.9 Å². The predicted molar refractivity (Wildman–Crippen MR) is 82.9 cm³/mol. The van der Waals surface area contributed by atoms with Gasteiger partial charge < -0.3 is 9.47 Å². The Morgan fingerprint density at radius 2 is 1.90 bits per heavy atom. The number of rotatable bonds is 5. The first-order valence-corrected chi connectivity index (χ1v) is 7.26. The summed E-state index contributed by atoms with van der Waals surface area (Å²) < 4.78 is 12.0. The lowest BCUT2D eigenvalue weighted by molar-refractivity contribution is 0.0496. The highest BCUT2D eigenvalue weighted by molar-refractivity contribution is 9.10. The molecule has 0 radical (unpaired) electrons. The van der Waals surface area contributed by atoms with E-state index in [1.807, 2.05) is 50.2 Å². The third kappa shape index (κ3) is 4.05. The van der Waals surface area contributed by atoms with E-state index in [1.165, 1.54) is 0 Å². The van der Waals surface area contributed by atoms with Crippen LogP contribution in [0.2, 0.25) is 0 Å². The van der Waals surface area contributed by atoms with Gasteiger partial charge in [0.05, 0.1) is 25.5 Å². The fourth-order valence-corrected chi connectivity index (χ4v) is 2.45. The third-order valence-electron chi connectivity index (χ3n) is 3.01. The van der Waals surface area contributed by atoms with Crippen LogP contribution in [0.15, 0.2) is 40.9 Å². The number of nitrogens with zero attached hydrogens (tertiary/aromatic N) is 1. The van der Waals surface area contributed by atoms with Gasteiger partial charge in [-0.2, -0.15) is 0 Å². The van der Waals surface area contributed by atoms with E-state index < -0.39 is 0 Å². The van der Waals surface area contributed by atoms with Gasteiger partial charge >= 0.3 is 0 Å². The van der Waals surface area contributed by atoms with Crippen LogP contribution < -0.4 is 4.74 Å². The largest absolute Gasteiger partial charge is 0.497 e. The van der Waals surface area contributed by atoms with Crippen molar-refractivity contribution in [1.82, 2.24) is 4.98 Å². The van der Waals surface area contributed by atoms with Crippen LogP contribution in [0, 0.1) is 6.92 Å². The first-order valence-electron chi connectivity index (χ1n) is 6.47. The molecule has 0 fully saturated rings. The van der Waals surface area contributed by atoms with Crippen molar-refractivity contribution < 1.29 is 9.47 Å². The normalized spacial score (nSPS) is 12.2. The summed E-state index contributed by atoms with van der Waals surface area (Å²) in [7, 11) is 1.66. The Balaban J connectivity index is 1.98. The molecule has 1 atom stereocenters. The van der Waals surface area contributed by atoms with E-state index >= 15 is 0 Å². The third-order valence-corrected chi connectivity index (χ3v) is 3.47. The molecule has 0 aliphatic carbocycles. The van der Waals surface area contributed by atoms with Crippen LogP contribution in [0.25, 0.3) is 0 Å². The quantitative estimate of drug-likeness (QED) is 0.809. The summed E-state index contributed by atoms with van der Waals surface area (Å²) in [4.78, 5) is 4.50. The van der Waals surface area contributed by atoms with Crippen LogP contribution >= 0.6 is 15.9 Å². The summed E-state index contributed by atoms with van der Waals surface area (Å²) >= 11 is 3.48. The van der Waals surface area contributed by atoms with Crippen molar-refractivity contribution in [3.05, 3.63) is 57.8 Å². The Bertz CT molecular complexity index is 549. The number of hydrogen-bond donors (Lipinski definition) is 0. The Morgan fingerprint density at radius 1 is 1.20 bits per heavy atom. The van der Waals surface area contributed by atoms with Crippen LogP contribution in [0.1, 0.15) is 30.0 Å². The summed E-state index contributed by atoms with van der Waals surface area (Å²) in [6.45, 7) is 4.54. The number of halogens is 1. The molecule has 0 saturated heterocycles. The Morgan fingerprint density at radius 3 is 2.50 bits per heavy atom. The van der Waals surface area contributed by atoms with Crippen molar-refractivity contribution in [2.24, 2.45) is 0 Å². The molecule has 0 saturated carbocycles. The van der Waals surface area contributed by atoms with E-state index in [0.717, 1.165) is 27.2 Å². The zero-order chi connectivity index (χ0) is 14.5. The minimum atomic E-state index is -0.0479. The molecule has 0 spiro atoms. The molecule has 0 aliphatic rings. The van der Waals surface area contributed by atoms with Gasteiger partial charge in [-0.25, -0.2) is 0 Å². The minimum Gasteiger partial charge on any atom is -0.497 e. The van der Waals surface area contributed by atoms with E-state index in [9.17, 15) is 0 Å². The molecule has 4 heteroatoms. The number of aryl methyl sites for hydroxylation is 1. The second-order valence-electron chi connectivity index (χ2n) is 4.65. The van der Waals surface area contributed by atoms with Gasteiger partial charge in [0.1, 0.15) is 5.75 Å². The molecule has 1 aromatic carbocycles. The molecule has 2 aromatic rings. The van der Waals surface area contributed by atoms with Crippen molar-refractivity contribution in [3.63, 3.8) is 0 Å². The molecule has 0 amide bonds. The van der Waals surface area contributed by atoms with Gasteiger partial charge in [0.25, 0.3) is 0 Å². The highest BCUT2D eigenvalue weighted by atomic mass is 79.9. The average Bonchev–Trinajstić information content (AvgIpc) is 2.44. The summed E-state index contributed by atoms with van der Waals surface area (Å²) in [6.07, 6.45) is -0.0479. The van der Waals surface area contributed by atoms with Crippen molar-refractivity contribution in [2.45, 2.75) is 26.6 Å². The Kier molecular flexibility index (Phi) is 5.15. The second kappa shape index (κ2) is 6.86. The van der Waals surface area contributed by atoms with E-state index in [4.69, 9.17) is 9.47 Å². The number of methoxy groups -OCH3 is 1. The Labute approximate surface area is 128 Å². The number of pyridine rings is 1. The fraction of sp³-hybridized carbons (Fsp3) is 0.312. The molecule has 1 aromatic heterocycles. The van der Waals surface area contributed by atoms with Crippen molar-refractivity contribution in [2.75, 3.05) is 7.11 Å². The number of hydrogen-bond acceptors (Lipinski definition) is 3. The molecule has 2 rings (SSSR count). The zero-order valence-electron chi connectivity index (χ0n) is 11.9. The lowest BCUT2D eigenvalue weighted by Crippen LogP contribution is -2.03. The maximum atomic E-state index is 5.87. The van der Waals surface area contributed by atoms with Crippen molar-refractivity contribution in [1.29, 1.82) is 0 Å². The average molecular weight is 336 g/mol. The summed E-state index contributed by atoms with van der Waals surface area (Å²) in [5, 5.41) is 0. The van der Waals surface area contributed by atoms with Gasteiger partial charge in [0.15, 0.2) is 0 Å². The van der Waals surface area contributed by atoms with E-state index in [2.05, 4.69) is 20.9 Å². The lowest BCUT2D eigenvalue weighted by Gasteiger charge is -2.14. The topological polar surface area (TPSA) is 31.4 Å². The van der Waals surface area contributed by atoms with Gasteiger partial charge in [0.2, 0.25) is 0 Å². The maximum absolute atomic E-state index is 5.87. The minimum absolute atomic E-state index is 0.0479. The Hall–Kier alpha value is -1.39. The number of ether oxygens (including phenoxy) is 2. The fourth-order valence-electron chi connectivity index (χ4n) is 1.89. The second-order valence-corrected chi connectivity index (χ2v) is 5.57. The summed E-state index contributed by atoms with van der Waals surface area (Å²) in [5.74, 6) is 0.853. The van der Waals surface area contributed by atoms with Gasteiger partial charge in [-0.1, -0.05) is 28.1 Å². The first kappa shape index (κ1) is 15.0. The van der Waals surface area contributed by atoms with Crippen LogP contribution in [0.5, 0.6) is 5.75 Å². The van der Waals surface area contributed by atoms with Gasteiger partial charge in [-0.15, -0.1) is 0 Å². The molecule has 3 nitrogen and oxygen atoms in total. The summed E-state index contributed by atoms with van der Waals surface area (Å²) in [6, 6.07) is 11.9. The van der Waals surface area contributed by atoms with E-state index in [-0.39, 0.29) is 6.10 Å². The first-order chi connectivity index (χ1) is 9.58. The van der Waals surface area contributed by atoms with E-state index in [0.29, 0.717) is 6.61 Å². The number of benzene rings is 1.